The van der Waals surface area contributed by atoms with E-state index in [4.69, 9.17) is 4.74 Å². The van der Waals surface area contributed by atoms with Crippen molar-refractivity contribution in [1.29, 1.82) is 0 Å². The number of hydrogen-bond donors (Lipinski definition) is 1. The number of hydrogen-bond acceptors (Lipinski definition) is 2. The largest absolute Gasteiger partial charge is 0.416 e. The fourth-order valence-electron chi connectivity index (χ4n) is 1.87. The van der Waals surface area contributed by atoms with E-state index in [1.807, 2.05) is 6.08 Å². The minimum absolute atomic E-state index is 0.247. The SMILES string of the molecule is COCCNCCC=C(C)c1ccccc1C(F)(F)F. The average Bonchev–Trinajstić information content (AvgIpc) is 2.41. The summed E-state index contributed by atoms with van der Waals surface area (Å²) in [5.74, 6) is 0. The molecule has 5 heteroatoms. The van der Waals surface area contributed by atoms with Gasteiger partial charge in [-0.2, -0.15) is 13.2 Å². The number of rotatable bonds is 7. The van der Waals surface area contributed by atoms with Crippen molar-refractivity contribution >= 4 is 5.57 Å². The van der Waals surface area contributed by atoms with Crippen molar-refractivity contribution in [2.45, 2.75) is 19.5 Å². The molecule has 0 heterocycles. The van der Waals surface area contributed by atoms with Crippen LogP contribution in [-0.4, -0.2) is 26.8 Å². The maximum absolute atomic E-state index is 12.9. The molecular weight excluding hydrogens is 267 g/mol. The third-order valence-electron chi connectivity index (χ3n) is 2.91. The molecule has 0 unspecified atom stereocenters. The van der Waals surface area contributed by atoms with Gasteiger partial charge in [-0.05, 0) is 37.1 Å². The van der Waals surface area contributed by atoms with Crippen LogP contribution in [0.1, 0.15) is 24.5 Å². The number of allylic oxidation sites excluding steroid dienone is 1. The van der Waals surface area contributed by atoms with Gasteiger partial charge in [-0.3, -0.25) is 0 Å². The molecule has 0 saturated heterocycles. The molecule has 0 spiro atoms. The first-order valence-electron chi connectivity index (χ1n) is 6.50. The number of methoxy groups -OCH3 is 1. The van der Waals surface area contributed by atoms with Crippen molar-refractivity contribution in [2.75, 3.05) is 26.8 Å². The quantitative estimate of drug-likeness (QED) is 0.771. The molecule has 0 fully saturated rings. The van der Waals surface area contributed by atoms with E-state index in [1.54, 1.807) is 20.1 Å². The Morgan fingerprint density at radius 1 is 1.25 bits per heavy atom. The van der Waals surface area contributed by atoms with Gasteiger partial charge in [-0.1, -0.05) is 24.3 Å². The summed E-state index contributed by atoms with van der Waals surface area (Å²) in [6.45, 7) is 3.79. The lowest BCUT2D eigenvalue weighted by Crippen LogP contribution is -2.19. The van der Waals surface area contributed by atoms with Gasteiger partial charge in [0.1, 0.15) is 0 Å². The Labute approximate surface area is 117 Å². The van der Waals surface area contributed by atoms with Crippen LogP contribution in [0, 0.1) is 0 Å². The van der Waals surface area contributed by atoms with Gasteiger partial charge in [-0.15, -0.1) is 0 Å². The molecule has 1 aromatic carbocycles. The molecule has 112 valence electrons. The smallest absolute Gasteiger partial charge is 0.383 e. The average molecular weight is 287 g/mol. The molecule has 2 nitrogen and oxygen atoms in total. The van der Waals surface area contributed by atoms with E-state index >= 15 is 0 Å². The van der Waals surface area contributed by atoms with Crippen LogP contribution in [0.3, 0.4) is 0 Å². The van der Waals surface area contributed by atoms with Gasteiger partial charge >= 0.3 is 6.18 Å². The molecule has 0 aliphatic carbocycles. The Balaban J connectivity index is 2.65. The Morgan fingerprint density at radius 3 is 2.60 bits per heavy atom. The Bertz CT molecular complexity index is 441. The van der Waals surface area contributed by atoms with Crippen molar-refractivity contribution in [3.63, 3.8) is 0 Å². The molecule has 0 radical (unpaired) electrons. The highest BCUT2D eigenvalue weighted by Crippen LogP contribution is 2.34. The molecule has 0 aliphatic heterocycles. The van der Waals surface area contributed by atoms with Gasteiger partial charge in [0.05, 0.1) is 12.2 Å². The van der Waals surface area contributed by atoms with E-state index in [9.17, 15) is 13.2 Å². The van der Waals surface area contributed by atoms with Crippen LogP contribution in [0.25, 0.3) is 5.57 Å². The summed E-state index contributed by atoms with van der Waals surface area (Å²) in [5, 5.41) is 3.15. The lowest BCUT2D eigenvalue weighted by atomic mass is 9.99. The molecule has 1 aromatic rings. The summed E-state index contributed by atoms with van der Waals surface area (Å²) >= 11 is 0. The molecule has 1 N–H and O–H groups in total. The zero-order chi connectivity index (χ0) is 15.0. The highest BCUT2D eigenvalue weighted by Gasteiger charge is 2.33. The molecule has 20 heavy (non-hydrogen) atoms. The maximum Gasteiger partial charge on any atom is 0.416 e. The molecule has 0 amide bonds. The number of ether oxygens (including phenoxy) is 1. The molecule has 0 atom stereocenters. The number of halogens is 3. The highest BCUT2D eigenvalue weighted by atomic mass is 19.4. The fourth-order valence-corrected chi connectivity index (χ4v) is 1.87. The van der Waals surface area contributed by atoms with Gasteiger partial charge in [0.15, 0.2) is 0 Å². The first kappa shape index (κ1) is 16.7. The summed E-state index contributed by atoms with van der Waals surface area (Å²) in [6.07, 6.45) is -1.81. The second-order valence-corrected chi connectivity index (χ2v) is 4.46. The van der Waals surface area contributed by atoms with E-state index in [-0.39, 0.29) is 5.56 Å². The predicted molar refractivity (Wildman–Crippen MR) is 74.5 cm³/mol. The minimum Gasteiger partial charge on any atom is -0.383 e. The minimum atomic E-state index is -4.32. The lowest BCUT2D eigenvalue weighted by Gasteiger charge is -2.13. The van der Waals surface area contributed by atoms with Gasteiger partial charge in [0.25, 0.3) is 0 Å². The van der Waals surface area contributed by atoms with Gasteiger partial charge in [-0.25, -0.2) is 0 Å². The second kappa shape index (κ2) is 8.07. The Kier molecular flexibility index (Phi) is 6.75. The van der Waals surface area contributed by atoms with Crippen LogP contribution >= 0.6 is 0 Å². The molecular formula is C15H20F3NO. The van der Waals surface area contributed by atoms with Crippen molar-refractivity contribution in [2.24, 2.45) is 0 Å². The monoisotopic (exact) mass is 287 g/mol. The topological polar surface area (TPSA) is 21.3 Å². The summed E-state index contributed by atoms with van der Waals surface area (Å²) in [5.41, 5.74) is 0.310. The van der Waals surface area contributed by atoms with Crippen molar-refractivity contribution < 1.29 is 17.9 Å². The maximum atomic E-state index is 12.9. The molecule has 0 bridgehead atoms. The number of alkyl halides is 3. The Morgan fingerprint density at radius 2 is 1.95 bits per heavy atom. The molecule has 1 rings (SSSR count). The predicted octanol–water partition coefficient (Wildman–Crippen LogP) is 3.73. The summed E-state index contributed by atoms with van der Waals surface area (Å²) in [7, 11) is 1.62. The van der Waals surface area contributed by atoms with Gasteiger partial charge in [0.2, 0.25) is 0 Å². The van der Waals surface area contributed by atoms with Crippen molar-refractivity contribution in [1.82, 2.24) is 5.32 Å². The summed E-state index contributed by atoms with van der Waals surface area (Å²) in [6, 6.07) is 5.65. The second-order valence-electron chi connectivity index (χ2n) is 4.46. The fraction of sp³-hybridized carbons (Fsp3) is 0.467. The zero-order valence-electron chi connectivity index (χ0n) is 11.8. The normalized spacial score (nSPS) is 12.8. The number of benzene rings is 1. The van der Waals surface area contributed by atoms with E-state index in [0.29, 0.717) is 18.6 Å². The summed E-state index contributed by atoms with van der Waals surface area (Å²) in [4.78, 5) is 0. The third-order valence-corrected chi connectivity index (χ3v) is 2.91. The Hall–Kier alpha value is -1.33. The van der Waals surface area contributed by atoms with Crippen LogP contribution in [0.15, 0.2) is 30.3 Å². The van der Waals surface area contributed by atoms with Gasteiger partial charge < -0.3 is 10.1 Å². The lowest BCUT2D eigenvalue weighted by molar-refractivity contribution is -0.137. The van der Waals surface area contributed by atoms with Crippen LogP contribution < -0.4 is 5.32 Å². The van der Waals surface area contributed by atoms with Crippen LogP contribution in [0.4, 0.5) is 13.2 Å². The first-order chi connectivity index (χ1) is 9.46. The van der Waals surface area contributed by atoms with Crippen molar-refractivity contribution in [3.8, 4) is 0 Å². The zero-order valence-corrected chi connectivity index (χ0v) is 11.8. The van der Waals surface area contributed by atoms with Crippen LogP contribution in [-0.2, 0) is 10.9 Å². The van der Waals surface area contributed by atoms with E-state index in [1.165, 1.54) is 12.1 Å². The van der Waals surface area contributed by atoms with E-state index in [2.05, 4.69) is 5.32 Å². The molecule has 0 saturated carbocycles. The molecule has 0 aromatic heterocycles. The van der Waals surface area contributed by atoms with E-state index < -0.39 is 11.7 Å². The van der Waals surface area contributed by atoms with E-state index in [0.717, 1.165) is 19.2 Å². The standard InChI is InChI=1S/C15H20F3NO/c1-12(6-5-9-19-10-11-20-2)13-7-3-4-8-14(13)15(16,17)18/h3-4,6-8,19H,5,9-11H2,1-2H3. The van der Waals surface area contributed by atoms with Crippen LogP contribution in [0.5, 0.6) is 0 Å². The highest BCUT2D eigenvalue weighted by molar-refractivity contribution is 5.67. The summed E-state index contributed by atoms with van der Waals surface area (Å²) < 4.78 is 43.5. The first-order valence-corrected chi connectivity index (χ1v) is 6.50. The van der Waals surface area contributed by atoms with Gasteiger partial charge in [0, 0.05) is 13.7 Å². The van der Waals surface area contributed by atoms with Crippen molar-refractivity contribution in [3.05, 3.63) is 41.5 Å². The molecule has 0 aliphatic rings. The third kappa shape index (κ3) is 5.35. The number of nitrogens with one attached hydrogen (secondary N) is 1. The van der Waals surface area contributed by atoms with Crippen LogP contribution in [0.2, 0.25) is 0 Å².